The quantitative estimate of drug-likeness (QED) is 0.157. The number of rotatable bonds is 12. The molecule has 34 heavy (non-hydrogen) atoms. The summed E-state index contributed by atoms with van der Waals surface area (Å²) in [5, 5.41) is 1.23. The second-order valence-electron chi connectivity index (χ2n) is 9.40. The minimum absolute atomic E-state index is 0.0860. The fourth-order valence-electron chi connectivity index (χ4n) is 5.28. The zero-order valence-corrected chi connectivity index (χ0v) is 23.4. The zero-order chi connectivity index (χ0) is 24.2. The summed E-state index contributed by atoms with van der Waals surface area (Å²) in [6.07, 6.45) is 13.2. The molecule has 0 spiro atoms. The molecule has 0 fully saturated rings. The molecular weight excluding hydrogens is 556 g/mol. The van der Waals surface area contributed by atoms with Crippen LogP contribution in [-0.4, -0.2) is 8.80 Å². The van der Waals surface area contributed by atoms with Gasteiger partial charge < -0.3 is 0 Å². The van der Waals surface area contributed by atoms with Crippen LogP contribution in [0.5, 0.6) is 0 Å². The maximum Gasteiger partial charge on any atom is 0.264 e. The van der Waals surface area contributed by atoms with Crippen molar-refractivity contribution in [3.8, 4) is 0 Å². The third-order valence-corrected chi connectivity index (χ3v) is 8.27. The molecule has 0 saturated carbocycles. The number of fused-ring (bicyclic) bond motifs is 3. The van der Waals surface area contributed by atoms with Crippen molar-refractivity contribution >= 4 is 53.7 Å². The minimum atomic E-state index is -0.0860. The summed E-state index contributed by atoms with van der Waals surface area (Å²) in [5.41, 5.74) is 3.56. The molecule has 0 N–H and O–H groups in total. The molecule has 0 aromatic carbocycles. The van der Waals surface area contributed by atoms with Gasteiger partial charge in [0.1, 0.15) is 0 Å². The van der Waals surface area contributed by atoms with E-state index in [0.717, 1.165) is 69.9 Å². The van der Waals surface area contributed by atoms with Crippen LogP contribution in [0, 0.1) is 0 Å². The van der Waals surface area contributed by atoms with Gasteiger partial charge in [0, 0.05) is 0 Å². The van der Waals surface area contributed by atoms with E-state index in [9.17, 15) is 9.59 Å². The van der Waals surface area contributed by atoms with Crippen LogP contribution in [-0.2, 0) is 12.8 Å². The predicted molar refractivity (Wildman–Crippen MR) is 150 cm³/mol. The highest BCUT2D eigenvalue weighted by Gasteiger charge is 2.23. The van der Waals surface area contributed by atoms with E-state index in [1.165, 1.54) is 38.5 Å². The van der Waals surface area contributed by atoms with Gasteiger partial charge in [-0.15, -0.1) is 0 Å². The molecule has 0 unspecified atom stereocenters. The van der Waals surface area contributed by atoms with Crippen molar-refractivity contribution in [2.75, 3.05) is 0 Å². The predicted octanol–water partition coefficient (Wildman–Crippen LogP) is 8.05. The van der Waals surface area contributed by atoms with E-state index in [-0.39, 0.29) is 11.1 Å². The number of unbranched alkanes of at least 4 members (excludes halogenated alkanes) is 8. The van der Waals surface area contributed by atoms with E-state index < -0.39 is 0 Å². The van der Waals surface area contributed by atoms with Gasteiger partial charge in [0.2, 0.25) is 0 Å². The first-order chi connectivity index (χ1) is 16.5. The fraction of sp³-hybridized carbons (Fsp3) is 0.500. The van der Waals surface area contributed by atoms with Gasteiger partial charge in [0.05, 0.1) is 31.0 Å². The molecule has 0 amide bonds. The molecule has 0 aliphatic heterocycles. The molecule has 0 aliphatic rings. The lowest BCUT2D eigenvalue weighted by molar-refractivity contribution is 0.632. The molecule has 6 heteroatoms. The highest BCUT2D eigenvalue weighted by Crippen LogP contribution is 2.30. The monoisotopic (exact) mass is 588 g/mol. The van der Waals surface area contributed by atoms with Crippen molar-refractivity contribution in [1.82, 2.24) is 8.80 Å². The van der Waals surface area contributed by atoms with Gasteiger partial charge in [0.25, 0.3) is 11.1 Å². The number of pyridine rings is 2. The minimum Gasteiger partial charge on any atom is -0.270 e. The SMILES string of the molecule is CCCCCCCc1c2c(=O)n3c(Br)ccc3c(CCCCCCC)c2c(=O)n2c(Br)ccc12. The van der Waals surface area contributed by atoms with Crippen LogP contribution in [0.1, 0.15) is 89.2 Å². The molecule has 0 atom stereocenters. The number of hydrogen-bond acceptors (Lipinski definition) is 2. The van der Waals surface area contributed by atoms with Crippen molar-refractivity contribution in [2.24, 2.45) is 0 Å². The van der Waals surface area contributed by atoms with Crippen LogP contribution < -0.4 is 11.1 Å². The van der Waals surface area contributed by atoms with E-state index >= 15 is 0 Å². The van der Waals surface area contributed by atoms with Gasteiger partial charge in [-0.3, -0.25) is 18.4 Å². The highest BCUT2D eigenvalue weighted by molar-refractivity contribution is 9.10. The Bertz CT molecular complexity index is 1300. The van der Waals surface area contributed by atoms with Crippen molar-refractivity contribution in [2.45, 2.75) is 90.9 Å². The summed E-state index contributed by atoms with van der Waals surface area (Å²) in [6, 6.07) is 7.80. The number of nitrogens with zero attached hydrogens (tertiary/aromatic N) is 2. The number of aryl methyl sites for hydroxylation is 2. The first kappa shape index (κ1) is 25.4. The topological polar surface area (TPSA) is 43.0 Å². The molecule has 4 heterocycles. The summed E-state index contributed by atoms with van der Waals surface area (Å²) >= 11 is 7.18. The van der Waals surface area contributed by atoms with Crippen molar-refractivity contribution < 1.29 is 0 Å². The number of halogens is 2. The lowest BCUT2D eigenvalue weighted by Gasteiger charge is -2.15. The molecule has 182 valence electrons. The first-order valence-electron chi connectivity index (χ1n) is 12.8. The molecule has 4 nitrogen and oxygen atoms in total. The third-order valence-electron chi connectivity index (χ3n) is 7.03. The van der Waals surface area contributed by atoms with E-state index in [1.807, 2.05) is 24.3 Å². The number of hydrogen-bond donors (Lipinski definition) is 0. The van der Waals surface area contributed by atoms with E-state index in [0.29, 0.717) is 10.8 Å². The van der Waals surface area contributed by atoms with Gasteiger partial charge in [-0.25, -0.2) is 0 Å². The first-order valence-corrected chi connectivity index (χ1v) is 14.4. The standard InChI is InChI=1S/C28H34Br2N2O2/c1-3-5-7-9-11-13-19-21-15-17-23(29)31(21)28(34)26-20(14-12-10-8-6-4-2)22-16-18-24(30)32(22)27(33)25(19)26/h15-18H,3-14H2,1-2H3. The summed E-state index contributed by atoms with van der Waals surface area (Å²) in [7, 11) is 0. The Balaban J connectivity index is 1.94. The average molecular weight is 590 g/mol. The maximum atomic E-state index is 13.9. The van der Waals surface area contributed by atoms with Crippen LogP contribution in [0.3, 0.4) is 0 Å². The van der Waals surface area contributed by atoms with Crippen LogP contribution in [0.25, 0.3) is 21.8 Å². The van der Waals surface area contributed by atoms with Gasteiger partial charge in [-0.05, 0) is 92.9 Å². The Hall–Kier alpha value is -1.66. The highest BCUT2D eigenvalue weighted by atomic mass is 79.9. The van der Waals surface area contributed by atoms with E-state index in [2.05, 4.69) is 45.7 Å². The Morgan fingerprint density at radius 3 is 1.35 bits per heavy atom. The summed E-state index contributed by atoms with van der Waals surface area (Å²) in [5.74, 6) is 0. The molecule has 0 bridgehead atoms. The van der Waals surface area contributed by atoms with E-state index in [4.69, 9.17) is 0 Å². The lowest BCUT2D eigenvalue weighted by atomic mass is 9.95. The Morgan fingerprint density at radius 2 is 0.971 bits per heavy atom. The van der Waals surface area contributed by atoms with E-state index in [1.54, 1.807) is 8.80 Å². The summed E-state index contributed by atoms with van der Waals surface area (Å²) in [6.45, 7) is 4.44. The molecule has 4 aromatic rings. The van der Waals surface area contributed by atoms with Gasteiger partial charge >= 0.3 is 0 Å². The Labute approximate surface area is 218 Å². The molecule has 4 rings (SSSR count). The number of aromatic nitrogens is 2. The second kappa shape index (κ2) is 11.4. The van der Waals surface area contributed by atoms with Crippen LogP contribution >= 0.6 is 31.9 Å². The van der Waals surface area contributed by atoms with Gasteiger partial charge in [-0.1, -0.05) is 65.2 Å². The second-order valence-corrected chi connectivity index (χ2v) is 11.0. The average Bonchev–Trinajstić information content (AvgIpc) is 3.40. The van der Waals surface area contributed by atoms with Crippen molar-refractivity contribution in [1.29, 1.82) is 0 Å². The molecule has 4 aromatic heterocycles. The Kier molecular flexibility index (Phi) is 8.52. The van der Waals surface area contributed by atoms with Crippen molar-refractivity contribution in [3.63, 3.8) is 0 Å². The molecule has 0 saturated heterocycles. The van der Waals surface area contributed by atoms with Crippen LogP contribution in [0.4, 0.5) is 0 Å². The zero-order valence-electron chi connectivity index (χ0n) is 20.3. The van der Waals surface area contributed by atoms with Gasteiger partial charge in [0.15, 0.2) is 0 Å². The fourth-order valence-corrected chi connectivity index (χ4v) is 6.25. The molecular formula is C28H34Br2N2O2. The summed E-state index contributed by atoms with van der Waals surface area (Å²) in [4.78, 5) is 27.7. The summed E-state index contributed by atoms with van der Waals surface area (Å²) < 4.78 is 5.02. The van der Waals surface area contributed by atoms with Crippen LogP contribution in [0.15, 0.2) is 43.1 Å². The third kappa shape index (κ3) is 4.73. The largest absolute Gasteiger partial charge is 0.270 e. The maximum absolute atomic E-state index is 13.9. The van der Waals surface area contributed by atoms with Crippen molar-refractivity contribution in [3.05, 3.63) is 65.3 Å². The normalized spacial score (nSPS) is 12.0. The lowest BCUT2D eigenvalue weighted by Crippen LogP contribution is -2.24. The van der Waals surface area contributed by atoms with Gasteiger partial charge in [-0.2, -0.15) is 0 Å². The Morgan fingerprint density at radius 1 is 0.588 bits per heavy atom. The molecule has 0 radical (unpaired) electrons. The van der Waals surface area contributed by atoms with Crippen LogP contribution in [0.2, 0.25) is 0 Å². The molecule has 0 aliphatic carbocycles. The smallest absolute Gasteiger partial charge is 0.264 e.